The Labute approximate surface area is 215 Å². The number of carbonyl (C=O) groups is 2. The number of benzene rings is 1. The summed E-state index contributed by atoms with van der Waals surface area (Å²) in [6, 6.07) is 3.09. The molecule has 9 nitrogen and oxygen atoms in total. The molecule has 2 aromatic rings. The molecule has 4 rings (SSSR count). The van der Waals surface area contributed by atoms with E-state index in [-0.39, 0.29) is 29.9 Å². The van der Waals surface area contributed by atoms with Gasteiger partial charge in [0.05, 0.1) is 23.1 Å². The highest BCUT2D eigenvalue weighted by Gasteiger charge is 2.28. The number of hydrogen-bond acceptors (Lipinski definition) is 6. The Morgan fingerprint density at radius 1 is 1.14 bits per heavy atom. The van der Waals surface area contributed by atoms with Gasteiger partial charge in [0.1, 0.15) is 11.4 Å². The van der Waals surface area contributed by atoms with Gasteiger partial charge in [-0.05, 0) is 70.4 Å². The first-order chi connectivity index (χ1) is 17.6. The lowest BCUT2D eigenvalue weighted by Gasteiger charge is -2.33. The van der Waals surface area contributed by atoms with Crippen LogP contribution in [0, 0.1) is 11.8 Å². The summed E-state index contributed by atoms with van der Waals surface area (Å²) in [6.45, 7) is 5.47. The lowest BCUT2D eigenvalue weighted by atomic mass is 9.97. The van der Waals surface area contributed by atoms with Crippen molar-refractivity contribution in [3.8, 4) is 5.75 Å². The minimum Gasteiger partial charge on any atom is -0.444 e. The van der Waals surface area contributed by atoms with E-state index in [9.17, 15) is 18.4 Å². The fourth-order valence-electron chi connectivity index (χ4n) is 4.36. The number of hydrogen-bond donors (Lipinski definition) is 1. The Kier molecular flexibility index (Phi) is 8.51. The molecule has 37 heavy (non-hydrogen) atoms. The number of likely N-dealkylation sites (tertiary alicyclic amines) is 1. The molecule has 2 amide bonds. The summed E-state index contributed by atoms with van der Waals surface area (Å²) in [5, 5.41) is 7.59. The molecule has 2 fully saturated rings. The molecule has 1 saturated carbocycles. The summed E-state index contributed by atoms with van der Waals surface area (Å²) >= 11 is 0. The van der Waals surface area contributed by atoms with Crippen LogP contribution in [-0.2, 0) is 16.0 Å². The molecule has 1 aromatic heterocycles. The van der Waals surface area contributed by atoms with Crippen LogP contribution in [0.25, 0.3) is 10.9 Å². The van der Waals surface area contributed by atoms with Crippen LogP contribution in [0.5, 0.6) is 5.75 Å². The van der Waals surface area contributed by atoms with E-state index in [4.69, 9.17) is 14.2 Å². The van der Waals surface area contributed by atoms with Gasteiger partial charge < -0.3 is 24.4 Å². The molecule has 1 saturated heterocycles. The molecular formula is C26H36F2N4O5. The van der Waals surface area contributed by atoms with Crippen molar-refractivity contribution in [3.63, 3.8) is 0 Å². The Balaban J connectivity index is 1.38. The lowest BCUT2D eigenvalue weighted by molar-refractivity contribution is -0.0491. The first-order valence-electron chi connectivity index (χ1n) is 12.9. The summed E-state index contributed by atoms with van der Waals surface area (Å²) in [5.74, 6) is 0.189. The molecule has 1 aliphatic carbocycles. The zero-order valence-electron chi connectivity index (χ0n) is 21.7. The largest absolute Gasteiger partial charge is 0.444 e. The van der Waals surface area contributed by atoms with Crippen LogP contribution >= 0.6 is 0 Å². The van der Waals surface area contributed by atoms with Crippen molar-refractivity contribution in [1.82, 2.24) is 20.0 Å². The fraction of sp³-hybridized carbons (Fsp3) is 0.654. The Morgan fingerprint density at radius 3 is 2.51 bits per heavy atom. The maximum absolute atomic E-state index is 13.3. The van der Waals surface area contributed by atoms with Gasteiger partial charge in [-0.25, -0.2) is 4.79 Å². The number of carbonyl (C=O) groups excluding carboxylic acids is 2. The third-order valence-corrected chi connectivity index (χ3v) is 6.43. The summed E-state index contributed by atoms with van der Waals surface area (Å²) < 4.78 is 44.0. The van der Waals surface area contributed by atoms with Gasteiger partial charge in [0.2, 0.25) is 0 Å². The first kappa shape index (κ1) is 27.1. The van der Waals surface area contributed by atoms with Gasteiger partial charge in [-0.2, -0.15) is 13.9 Å². The molecule has 2 aliphatic rings. The average molecular weight is 523 g/mol. The topological polar surface area (TPSA) is 94.9 Å². The summed E-state index contributed by atoms with van der Waals surface area (Å²) in [7, 11) is 0. The number of amides is 2. The van der Waals surface area contributed by atoms with Crippen molar-refractivity contribution in [2.75, 3.05) is 32.8 Å². The van der Waals surface area contributed by atoms with Gasteiger partial charge in [0.25, 0.3) is 5.91 Å². The van der Waals surface area contributed by atoms with Crippen molar-refractivity contribution >= 4 is 22.9 Å². The van der Waals surface area contributed by atoms with Crippen LogP contribution in [0.15, 0.2) is 18.3 Å². The van der Waals surface area contributed by atoms with Gasteiger partial charge >= 0.3 is 12.7 Å². The highest BCUT2D eigenvalue weighted by atomic mass is 19.3. The standard InChI is InChI=1S/C26H36F2N4O5/c1-26(2,3)37-25(34)31-11-8-17(9-12-31)14-32-15-20-21(30-32)7-6-19(22(20)36-24(27)28)23(33)29-10-13-35-16-18-4-5-18/h6-7,15,17-18,24H,4-5,8-14,16H2,1-3H3,(H,29,33). The van der Waals surface area contributed by atoms with Crippen molar-refractivity contribution in [2.24, 2.45) is 11.8 Å². The van der Waals surface area contributed by atoms with Crippen LogP contribution in [0.4, 0.5) is 13.6 Å². The first-order valence-corrected chi connectivity index (χ1v) is 12.9. The Bertz CT molecular complexity index is 1090. The van der Waals surface area contributed by atoms with E-state index in [1.165, 1.54) is 18.9 Å². The molecule has 0 bridgehead atoms. The van der Waals surface area contributed by atoms with E-state index < -0.39 is 18.1 Å². The molecule has 0 atom stereocenters. The number of nitrogens with zero attached hydrogens (tertiary/aromatic N) is 3. The second kappa shape index (κ2) is 11.6. The van der Waals surface area contributed by atoms with Gasteiger partial charge in [0.15, 0.2) is 0 Å². The van der Waals surface area contributed by atoms with E-state index >= 15 is 0 Å². The van der Waals surface area contributed by atoms with Gasteiger partial charge in [-0.1, -0.05) is 0 Å². The van der Waals surface area contributed by atoms with Crippen molar-refractivity contribution in [1.29, 1.82) is 0 Å². The van der Waals surface area contributed by atoms with Crippen LogP contribution in [0.2, 0.25) is 0 Å². The summed E-state index contributed by atoms with van der Waals surface area (Å²) in [4.78, 5) is 26.7. The average Bonchev–Trinajstić information content (AvgIpc) is 3.55. The Morgan fingerprint density at radius 2 is 1.86 bits per heavy atom. The zero-order chi connectivity index (χ0) is 26.6. The van der Waals surface area contributed by atoms with Crippen LogP contribution in [-0.4, -0.2) is 71.7 Å². The van der Waals surface area contributed by atoms with Crippen LogP contribution in [0.1, 0.15) is 56.8 Å². The lowest BCUT2D eigenvalue weighted by Crippen LogP contribution is -2.42. The number of aromatic nitrogens is 2. The number of halogens is 2. The highest BCUT2D eigenvalue weighted by molar-refractivity contribution is 6.03. The molecule has 0 unspecified atom stereocenters. The maximum atomic E-state index is 13.3. The number of alkyl halides is 2. The van der Waals surface area contributed by atoms with E-state index in [2.05, 4.69) is 10.4 Å². The number of piperidine rings is 1. The van der Waals surface area contributed by atoms with Gasteiger partial charge in [-0.3, -0.25) is 9.48 Å². The molecule has 2 heterocycles. The van der Waals surface area contributed by atoms with Gasteiger partial charge in [-0.15, -0.1) is 0 Å². The second-order valence-electron chi connectivity index (χ2n) is 10.8. The van der Waals surface area contributed by atoms with Crippen LogP contribution < -0.4 is 10.1 Å². The van der Waals surface area contributed by atoms with E-state index in [0.29, 0.717) is 49.7 Å². The second-order valence-corrected chi connectivity index (χ2v) is 10.8. The molecule has 11 heteroatoms. The molecule has 0 spiro atoms. The third-order valence-electron chi connectivity index (χ3n) is 6.43. The quantitative estimate of drug-likeness (QED) is 0.464. The van der Waals surface area contributed by atoms with E-state index in [1.54, 1.807) is 21.8 Å². The van der Waals surface area contributed by atoms with Gasteiger partial charge in [0, 0.05) is 39.0 Å². The predicted molar refractivity (Wildman–Crippen MR) is 133 cm³/mol. The normalized spacial score (nSPS) is 16.9. The molecule has 1 N–H and O–H groups in total. The van der Waals surface area contributed by atoms with E-state index in [1.807, 2.05) is 20.8 Å². The fourth-order valence-corrected chi connectivity index (χ4v) is 4.36. The van der Waals surface area contributed by atoms with Crippen molar-refractivity contribution in [2.45, 2.75) is 65.2 Å². The molecule has 0 radical (unpaired) electrons. The predicted octanol–water partition coefficient (Wildman–Crippen LogP) is 4.44. The molecule has 1 aromatic carbocycles. The van der Waals surface area contributed by atoms with Crippen molar-refractivity contribution < 1.29 is 32.6 Å². The number of rotatable bonds is 10. The Hall–Kier alpha value is -2.95. The van der Waals surface area contributed by atoms with Crippen LogP contribution in [0.3, 0.4) is 0 Å². The molecular weight excluding hydrogens is 486 g/mol. The zero-order valence-corrected chi connectivity index (χ0v) is 21.7. The minimum atomic E-state index is -3.08. The minimum absolute atomic E-state index is 0.0280. The summed E-state index contributed by atoms with van der Waals surface area (Å²) in [6.07, 6.45) is 5.23. The number of nitrogens with one attached hydrogen (secondary N) is 1. The molecule has 1 aliphatic heterocycles. The van der Waals surface area contributed by atoms with E-state index in [0.717, 1.165) is 12.8 Å². The smallest absolute Gasteiger partial charge is 0.410 e. The summed E-state index contributed by atoms with van der Waals surface area (Å²) in [5.41, 5.74) is -0.0490. The number of ether oxygens (including phenoxy) is 3. The highest BCUT2D eigenvalue weighted by Crippen LogP contribution is 2.32. The third kappa shape index (κ3) is 7.77. The number of fused-ring (bicyclic) bond motifs is 1. The maximum Gasteiger partial charge on any atom is 0.410 e. The van der Waals surface area contributed by atoms with Crippen molar-refractivity contribution in [3.05, 3.63) is 23.9 Å². The monoisotopic (exact) mass is 522 g/mol. The molecule has 204 valence electrons. The SMILES string of the molecule is CC(C)(C)OC(=O)N1CCC(Cn2cc3c(OC(F)F)c(C(=O)NCCOCC4CC4)ccc3n2)CC1.